The van der Waals surface area contributed by atoms with Gasteiger partial charge in [0.15, 0.2) is 0 Å². The number of anilines is 1. The summed E-state index contributed by atoms with van der Waals surface area (Å²) in [4.78, 5) is 66.6. The van der Waals surface area contributed by atoms with Crippen molar-refractivity contribution in [2.45, 2.75) is 19.6 Å². The minimum Gasteiger partial charge on any atom is -0.379 e. The molecular weight excluding hydrogens is 608 g/mol. The van der Waals surface area contributed by atoms with Crippen molar-refractivity contribution in [3.63, 3.8) is 0 Å². The van der Waals surface area contributed by atoms with Crippen LogP contribution in [0, 0.1) is 0 Å². The maximum atomic E-state index is 13.6. The van der Waals surface area contributed by atoms with E-state index in [9.17, 15) is 24.3 Å². The van der Waals surface area contributed by atoms with E-state index in [0.717, 1.165) is 23.0 Å². The maximum absolute atomic E-state index is 13.6. The highest BCUT2D eigenvalue weighted by molar-refractivity contribution is 6.27. The summed E-state index contributed by atoms with van der Waals surface area (Å²) in [5.41, 5.74) is 3.03. The molecule has 1 N–H and O–H groups in total. The molecule has 0 aliphatic carbocycles. The number of aliphatic imine (C=N–C) groups is 1. The minimum absolute atomic E-state index is 0.156. The molecule has 11 heteroatoms. The number of hydrogen-bond donors (Lipinski definition) is 1. The SMILES string of the molecule is CC(O)N(CCCN(C)CCN1C(=O)c2cccc3c(N4C=NCC4)ccc(c23)C1=O)CCN1C(=O)c2cccc3cccc(c23)C1=O. The molecular formula is C37H38N6O5. The number of aliphatic hydroxyl groups is 1. The molecule has 4 amide bonds. The van der Waals surface area contributed by atoms with Crippen LogP contribution in [0.25, 0.3) is 21.5 Å². The van der Waals surface area contributed by atoms with E-state index in [1.807, 2.05) is 65.4 Å². The first-order valence-electron chi connectivity index (χ1n) is 16.4. The Morgan fingerprint density at radius 1 is 0.729 bits per heavy atom. The molecule has 0 radical (unpaired) electrons. The lowest BCUT2D eigenvalue weighted by Crippen LogP contribution is -2.47. The molecule has 0 fully saturated rings. The highest BCUT2D eigenvalue weighted by Crippen LogP contribution is 2.36. The number of amides is 4. The maximum Gasteiger partial charge on any atom is 0.261 e. The molecule has 1 unspecified atom stereocenters. The molecule has 0 saturated carbocycles. The molecule has 4 aromatic rings. The molecule has 0 saturated heterocycles. The van der Waals surface area contributed by atoms with Crippen molar-refractivity contribution >= 4 is 57.2 Å². The molecule has 3 aliphatic rings. The molecule has 3 heterocycles. The second kappa shape index (κ2) is 12.9. The summed E-state index contributed by atoms with van der Waals surface area (Å²) in [5, 5.41) is 13.6. The first kappa shape index (κ1) is 31.6. The van der Waals surface area contributed by atoms with Gasteiger partial charge in [-0.15, -0.1) is 0 Å². The fraction of sp³-hybridized carbons (Fsp3) is 0.324. The average Bonchev–Trinajstić information content (AvgIpc) is 3.63. The second-order valence-electron chi connectivity index (χ2n) is 12.6. The van der Waals surface area contributed by atoms with Crippen LogP contribution in [0.5, 0.6) is 0 Å². The predicted molar refractivity (Wildman–Crippen MR) is 185 cm³/mol. The first-order valence-corrected chi connectivity index (χ1v) is 16.4. The van der Waals surface area contributed by atoms with E-state index in [-0.39, 0.29) is 36.7 Å². The number of hydrogen-bond acceptors (Lipinski definition) is 9. The topological polar surface area (TPSA) is 117 Å². The normalized spacial score (nSPS) is 16.5. The van der Waals surface area contributed by atoms with Gasteiger partial charge < -0.3 is 14.9 Å². The number of aliphatic hydroxyl groups excluding tert-OH is 1. The van der Waals surface area contributed by atoms with Crippen molar-refractivity contribution in [2.24, 2.45) is 4.99 Å². The summed E-state index contributed by atoms with van der Waals surface area (Å²) in [5.74, 6) is -1.23. The van der Waals surface area contributed by atoms with E-state index in [2.05, 4.69) is 9.89 Å². The van der Waals surface area contributed by atoms with Crippen molar-refractivity contribution in [3.8, 4) is 0 Å². The van der Waals surface area contributed by atoms with Gasteiger partial charge in [0.05, 0.1) is 12.9 Å². The minimum atomic E-state index is -0.773. The van der Waals surface area contributed by atoms with Crippen LogP contribution >= 0.6 is 0 Å². The number of imide groups is 2. The van der Waals surface area contributed by atoms with Gasteiger partial charge in [0.2, 0.25) is 0 Å². The van der Waals surface area contributed by atoms with Gasteiger partial charge in [0.1, 0.15) is 6.23 Å². The molecule has 3 aliphatic heterocycles. The van der Waals surface area contributed by atoms with E-state index >= 15 is 0 Å². The van der Waals surface area contributed by atoms with E-state index in [4.69, 9.17) is 0 Å². The molecule has 11 nitrogen and oxygen atoms in total. The molecule has 0 aromatic heterocycles. The number of rotatable bonds is 12. The van der Waals surface area contributed by atoms with Gasteiger partial charge in [-0.25, -0.2) is 0 Å². The van der Waals surface area contributed by atoms with Crippen LogP contribution in [0.15, 0.2) is 71.7 Å². The Balaban J connectivity index is 0.941. The number of likely N-dealkylation sites (N-methyl/N-ethyl adjacent to an activating group) is 1. The zero-order chi connectivity index (χ0) is 33.5. The third kappa shape index (κ3) is 5.53. The summed E-state index contributed by atoms with van der Waals surface area (Å²) in [6.07, 6.45) is 1.72. The lowest BCUT2D eigenvalue weighted by molar-refractivity contribution is 0.0103. The number of carbonyl (C=O) groups excluding carboxylic acids is 4. The van der Waals surface area contributed by atoms with Crippen molar-refractivity contribution in [1.82, 2.24) is 19.6 Å². The summed E-state index contributed by atoms with van der Waals surface area (Å²) < 4.78 is 0. The van der Waals surface area contributed by atoms with Crippen LogP contribution < -0.4 is 4.90 Å². The molecule has 0 spiro atoms. The molecule has 48 heavy (non-hydrogen) atoms. The van der Waals surface area contributed by atoms with Gasteiger partial charge in [-0.3, -0.25) is 38.9 Å². The lowest BCUT2D eigenvalue weighted by Gasteiger charge is -2.32. The van der Waals surface area contributed by atoms with Crippen molar-refractivity contribution < 1.29 is 24.3 Å². The van der Waals surface area contributed by atoms with Gasteiger partial charge in [0.25, 0.3) is 23.6 Å². The van der Waals surface area contributed by atoms with E-state index in [1.165, 1.54) is 9.80 Å². The van der Waals surface area contributed by atoms with E-state index in [1.54, 1.807) is 31.5 Å². The van der Waals surface area contributed by atoms with E-state index < -0.39 is 6.23 Å². The van der Waals surface area contributed by atoms with Crippen molar-refractivity contribution in [1.29, 1.82) is 0 Å². The van der Waals surface area contributed by atoms with Crippen LogP contribution in [-0.4, -0.2) is 120 Å². The van der Waals surface area contributed by atoms with Crippen LogP contribution in [0.1, 0.15) is 54.8 Å². The Labute approximate surface area is 278 Å². The number of carbonyl (C=O) groups is 4. The summed E-state index contributed by atoms with van der Waals surface area (Å²) in [6.45, 7) is 5.56. The van der Waals surface area contributed by atoms with Crippen LogP contribution in [0.4, 0.5) is 5.69 Å². The predicted octanol–water partition coefficient (Wildman–Crippen LogP) is 3.70. The summed E-state index contributed by atoms with van der Waals surface area (Å²) in [6, 6.07) is 20.3. The molecule has 7 rings (SSSR count). The summed E-state index contributed by atoms with van der Waals surface area (Å²) in [7, 11) is 1.94. The Bertz CT molecular complexity index is 1920. The average molecular weight is 647 g/mol. The lowest BCUT2D eigenvalue weighted by atomic mass is 9.92. The molecule has 1 atom stereocenters. The summed E-state index contributed by atoms with van der Waals surface area (Å²) >= 11 is 0. The number of nitrogens with zero attached hydrogens (tertiary/aromatic N) is 6. The van der Waals surface area contributed by atoms with Gasteiger partial charge in [-0.2, -0.15) is 0 Å². The van der Waals surface area contributed by atoms with Gasteiger partial charge in [0, 0.05) is 83.4 Å². The van der Waals surface area contributed by atoms with E-state index in [0.29, 0.717) is 72.2 Å². The van der Waals surface area contributed by atoms with Gasteiger partial charge >= 0.3 is 0 Å². The monoisotopic (exact) mass is 646 g/mol. The van der Waals surface area contributed by atoms with Crippen molar-refractivity contribution in [2.75, 3.05) is 64.3 Å². The first-order chi connectivity index (χ1) is 23.2. The third-order valence-corrected chi connectivity index (χ3v) is 9.65. The molecule has 0 bridgehead atoms. The Kier molecular flexibility index (Phi) is 8.50. The van der Waals surface area contributed by atoms with Crippen LogP contribution in [0.2, 0.25) is 0 Å². The standard InChI is InChI=1S/C37H38N6O5/c1-24(44)40(20-22-43-34(45)27-10-3-7-25-8-4-11-28(32(25)27)35(43)46)17-6-16-39(2)19-21-42-36(47)29-12-5-9-26-31(41-18-15-38-23-41)14-13-30(33(26)29)37(42)48/h3-5,7-14,23-24,44H,6,15-22H2,1-2H3. The zero-order valence-electron chi connectivity index (χ0n) is 27.1. The van der Waals surface area contributed by atoms with Crippen LogP contribution in [0.3, 0.4) is 0 Å². The molecule has 246 valence electrons. The zero-order valence-corrected chi connectivity index (χ0v) is 27.1. The quantitative estimate of drug-likeness (QED) is 0.183. The van der Waals surface area contributed by atoms with Gasteiger partial charge in [-0.1, -0.05) is 36.4 Å². The van der Waals surface area contributed by atoms with Crippen LogP contribution in [-0.2, 0) is 0 Å². The van der Waals surface area contributed by atoms with Gasteiger partial charge in [-0.05, 0) is 62.7 Å². The second-order valence-corrected chi connectivity index (χ2v) is 12.6. The highest BCUT2D eigenvalue weighted by Gasteiger charge is 2.35. The highest BCUT2D eigenvalue weighted by atomic mass is 16.3. The fourth-order valence-electron chi connectivity index (χ4n) is 7.07. The third-order valence-electron chi connectivity index (χ3n) is 9.65. The number of benzene rings is 4. The largest absolute Gasteiger partial charge is 0.379 e. The Morgan fingerprint density at radius 2 is 1.31 bits per heavy atom. The smallest absolute Gasteiger partial charge is 0.261 e. The molecule has 4 aromatic carbocycles. The Morgan fingerprint density at radius 3 is 1.92 bits per heavy atom. The van der Waals surface area contributed by atoms with Crippen molar-refractivity contribution in [3.05, 3.63) is 89.0 Å². The fourth-order valence-corrected chi connectivity index (χ4v) is 7.07. The Hall–Kier alpha value is -4.97.